The van der Waals surface area contributed by atoms with Crippen molar-refractivity contribution in [1.29, 1.82) is 0 Å². The zero-order valence-corrected chi connectivity index (χ0v) is 19.6. The SMILES string of the molecule is O=C(CNC(=O)c1ccc(Cl)c(Cl)c1)N/N=C/c1cn(-c2ccccc2)nc1-c1ccc(F)cc1. The van der Waals surface area contributed by atoms with Crippen molar-refractivity contribution >= 4 is 41.2 Å². The smallest absolute Gasteiger partial charge is 0.259 e. The van der Waals surface area contributed by atoms with Crippen molar-refractivity contribution in [3.63, 3.8) is 0 Å². The van der Waals surface area contributed by atoms with Crippen molar-refractivity contribution in [3.05, 3.63) is 106 Å². The maximum atomic E-state index is 13.4. The number of nitrogens with one attached hydrogen (secondary N) is 2. The molecule has 176 valence electrons. The van der Waals surface area contributed by atoms with Crippen LogP contribution < -0.4 is 10.7 Å². The number of halogens is 3. The summed E-state index contributed by atoms with van der Waals surface area (Å²) in [6.07, 6.45) is 3.18. The van der Waals surface area contributed by atoms with Crippen molar-refractivity contribution < 1.29 is 14.0 Å². The van der Waals surface area contributed by atoms with Crippen molar-refractivity contribution in [1.82, 2.24) is 20.5 Å². The summed E-state index contributed by atoms with van der Waals surface area (Å²) in [6.45, 7) is -0.301. The first-order valence-electron chi connectivity index (χ1n) is 10.4. The predicted octanol–water partition coefficient (Wildman–Crippen LogP) is 4.87. The van der Waals surface area contributed by atoms with Crippen molar-refractivity contribution in [2.45, 2.75) is 0 Å². The van der Waals surface area contributed by atoms with E-state index in [9.17, 15) is 14.0 Å². The lowest BCUT2D eigenvalue weighted by molar-refractivity contribution is -0.120. The molecule has 1 aromatic heterocycles. The van der Waals surface area contributed by atoms with E-state index < -0.39 is 11.8 Å². The first-order valence-corrected chi connectivity index (χ1v) is 11.1. The molecule has 0 aliphatic rings. The molecule has 2 N–H and O–H groups in total. The van der Waals surface area contributed by atoms with Crippen LogP contribution in [0.15, 0.2) is 84.1 Å². The van der Waals surface area contributed by atoms with E-state index >= 15 is 0 Å². The minimum atomic E-state index is -0.534. The Balaban J connectivity index is 1.45. The van der Waals surface area contributed by atoms with Gasteiger partial charge in [0.15, 0.2) is 0 Å². The second kappa shape index (κ2) is 10.9. The van der Waals surface area contributed by atoms with E-state index in [1.807, 2.05) is 30.3 Å². The maximum absolute atomic E-state index is 13.4. The number of hydrogen-bond acceptors (Lipinski definition) is 4. The molecule has 0 bridgehead atoms. The number of rotatable bonds is 7. The number of nitrogens with zero attached hydrogens (tertiary/aromatic N) is 3. The Kier molecular flexibility index (Phi) is 7.54. The largest absolute Gasteiger partial charge is 0.343 e. The lowest BCUT2D eigenvalue weighted by Crippen LogP contribution is -2.34. The normalized spacial score (nSPS) is 10.9. The van der Waals surface area contributed by atoms with Crippen LogP contribution in [0.5, 0.6) is 0 Å². The van der Waals surface area contributed by atoms with Gasteiger partial charge in [0.2, 0.25) is 0 Å². The number of amides is 2. The van der Waals surface area contributed by atoms with Gasteiger partial charge in [0, 0.05) is 22.9 Å². The van der Waals surface area contributed by atoms with Crippen LogP contribution in [0.1, 0.15) is 15.9 Å². The van der Waals surface area contributed by atoms with E-state index in [1.54, 1.807) is 23.0 Å². The van der Waals surface area contributed by atoms with E-state index in [4.69, 9.17) is 23.2 Å². The van der Waals surface area contributed by atoms with E-state index in [0.29, 0.717) is 21.8 Å². The molecule has 0 unspecified atom stereocenters. The van der Waals surface area contributed by atoms with Crippen LogP contribution in [-0.2, 0) is 4.79 Å². The van der Waals surface area contributed by atoms with Crippen LogP contribution in [0.25, 0.3) is 16.9 Å². The van der Waals surface area contributed by atoms with Gasteiger partial charge < -0.3 is 5.32 Å². The van der Waals surface area contributed by atoms with Crippen LogP contribution in [0.2, 0.25) is 10.0 Å². The Bertz CT molecular complexity index is 1390. The Morgan fingerprint density at radius 1 is 1.00 bits per heavy atom. The standard InChI is InChI=1S/C25H18Cl2FN5O2/c26-21-11-8-17(12-22(21)27)25(35)29-14-23(34)31-30-13-18-15-33(20-4-2-1-3-5-20)32-24(18)16-6-9-19(28)10-7-16/h1-13,15H,14H2,(H,29,35)(H,31,34)/b30-13+. The molecular formula is C25H18Cl2FN5O2. The topological polar surface area (TPSA) is 88.4 Å². The van der Waals surface area contributed by atoms with Gasteiger partial charge in [-0.3, -0.25) is 9.59 Å². The molecule has 0 aliphatic heterocycles. The van der Waals surface area contributed by atoms with Crippen LogP contribution >= 0.6 is 23.2 Å². The Labute approximate surface area is 210 Å². The lowest BCUT2D eigenvalue weighted by atomic mass is 10.1. The average molecular weight is 510 g/mol. The van der Waals surface area contributed by atoms with Gasteiger partial charge in [-0.25, -0.2) is 14.5 Å². The number of hydrogen-bond donors (Lipinski definition) is 2. The number of carbonyl (C=O) groups excluding carboxylic acids is 2. The molecule has 1 heterocycles. The predicted molar refractivity (Wildman–Crippen MR) is 133 cm³/mol. The van der Waals surface area contributed by atoms with Crippen molar-refractivity contribution in [3.8, 4) is 16.9 Å². The second-order valence-corrected chi connectivity index (χ2v) is 8.14. The van der Waals surface area contributed by atoms with Crippen LogP contribution in [-0.4, -0.2) is 34.4 Å². The van der Waals surface area contributed by atoms with Gasteiger partial charge in [-0.2, -0.15) is 10.2 Å². The third-order valence-electron chi connectivity index (χ3n) is 4.87. The van der Waals surface area contributed by atoms with E-state index in [-0.39, 0.29) is 22.9 Å². The quantitative estimate of drug-likeness (QED) is 0.275. The first kappa shape index (κ1) is 24.1. The van der Waals surface area contributed by atoms with E-state index in [0.717, 1.165) is 5.69 Å². The number of benzene rings is 3. The summed E-state index contributed by atoms with van der Waals surface area (Å²) in [7, 11) is 0. The Hall–Kier alpha value is -4.01. The number of para-hydroxylation sites is 1. The summed E-state index contributed by atoms with van der Waals surface area (Å²) in [5.41, 5.74) is 5.30. The third-order valence-corrected chi connectivity index (χ3v) is 5.60. The fourth-order valence-corrected chi connectivity index (χ4v) is 3.44. The zero-order valence-electron chi connectivity index (χ0n) is 18.1. The van der Waals surface area contributed by atoms with Crippen molar-refractivity contribution in [2.75, 3.05) is 6.54 Å². The van der Waals surface area contributed by atoms with Gasteiger partial charge in [-0.05, 0) is 54.6 Å². The molecule has 2 amide bonds. The van der Waals surface area contributed by atoms with Gasteiger partial charge in [-0.15, -0.1) is 0 Å². The van der Waals surface area contributed by atoms with Gasteiger partial charge in [0.25, 0.3) is 11.8 Å². The highest BCUT2D eigenvalue weighted by atomic mass is 35.5. The second-order valence-electron chi connectivity index (χ2n) is 7.32. The Morgan fingerprint density at radius 2 is 1.74 bits per heavy atom. The number of carbonyl (C=O) groups is 2. The molecule has 3 aromatic carbocycles. The fraction of sp³-hybridized carbons (Fsp3) is 0.0400. The third kappa shape index (κ3) is 6.11. The summed E-state index contributed by atoms with van der Waals surface area (Å²) in [5, 5.41) is 11.6. The molecule has 0 radical (unpaired) electrons. The first-order chi connectivity index (χ1) is 16.9. The minimum Gasteiger partial charge on any atom is -0.343 e. The fourth-order valence-electron chi connectivity index (χ4n) is 3.14. The van der Waals surface area contributed by atoms with E-state index in [1.165, 1.54) is 36.5 Å². The zero-order chi connectivity index (χ0) is 24.8. The van der Waals surface area contributed by atoms with Crippen LogP contribution in [0, 0.1) is 5.82 Å². The molecule has 35 heavy (non-hydrogen) atoms. The van der Waals surface area contributed by atoms with Crippen LogP contribution in [0.4, 0.5) is 4.39 Å². The molecule has 0 aliphatic carbocycles. The van der Waals surface area contributed by atoms with Gasteiger partial charge in [0.05, 0.1) is 28.5 Å². The van der Waals surface area contributed by atoms with Gasteiger partial charge in [0.1, 0.15) is 11.5 Å². The molecule has 4 rings (SSSR count). The molecule has 10 heteroatoms. The minimum absolute atomic E-state index is 0.237. The highest BCUT2D eigenvalue weighted by Crippen LogP contribution is 2.23. The summed E-state index contributed by atoms with van der Waals surface area (Å²) in [4.78, 5) is 24.4. The van der Waals surface area contributed by atoms with Gasteiger partial charge >= 0.3 is 0 Å². The Morgan fingerprint density at radius 3 is 2.46 bits per heavy atom. The molecule has 0 spiro atoms. The molecule has 0 fully saturated rings. The average Bonchev–Trinajstić information content (AvgIpc) is 3.29. The summed E-state index contributed by atoms with van der Waals surface area (Å²) in [6, 6.07) is 19.8. The molecule has 0 saturated carbocycles. The lowest BCUT2D eigenvalue weighted by Gasteiger charge is -2.05. The number of aromatic nitrogens is 2. The van der Waals surface area contributed by atoms with Crippen molar-refractivity contribution in [2.24, 2.45) is 5.10 Å². The van der Waals surface area contributed by atoms with Crippen LogP contribution in [0.3, 0.4) is 0 Å². The highest BCUT2D eigenvalue weighted by molar-refractivity contribution is 6.42. The summed E-state index contributed by atoms with van der Waals surface area (Å²) >= 11 is 11.8. The molecule has 7 nitrogen and oxygen atoms in total. The van der Waals surface area contributed by atoms with E-state index in [2.05, 4.69) is 20.9 Å². The number of hydrazone groups is 1. The monoisotopic (exact) mass is 509 g/mol. The maximum Gasteiger partial charge on any atom is 0.259 e. The molecule has 4 aromatic rings. The van der Waals surface area contributed by atoms with Gasteiger partial charge in [-0.1, -0.05) is 41.4 Å². The molecule has 0 atom stereocenters. The molecular weight excluding hydrogens is 492 g/mol. The summed E-state index contributed by atoms with van der Waals surface area (Å²) in [5.74, 6) is -1.37. The summed E-state index contributed by atoms with van der Waals surface area (Å²) < 4.78 is 15.1. The highest BCUT2D eigenvalue weighted by Gasteiger charge is 2.12. The molecule has 0 saturated heterocycles.